The van der Waals surface area contributed by atoms with E-state index in [1.54, 1.807) is 0 Å². The highest BCUT2D eigenvalue weighted by Gasteiger charge is 2.31. The predicted octanol–water partition coefficient (Wildman–Crippen LogP) is 3.38. The molecule has 2 N–H and O–H groups in total. The molecule has 1 aliphatic rings. The molecule has 3 rings (SSSR count). The van der Waals surface area contributed by atoms with Gasteiger partial charge in [-0.15, -0.1) is 0 Å². The van der Waals surface area contributed by atoms with Gasteiger partial charge in [-0.25, -0.2) is 26.3 Å². The third-order valence-electron chi connectivity index (χ3n) is 6.34. The molecular weight excluding hydrogens is 586 g/mol. The van der Waals surface area contributed by atoms with Gasteiger partial charge in [0.1, 0.15) is 0 Å². The summed E-state index contributed by atoms with van der Waals surface area (Å²) < 4.78 is 130. The molecule has 1 fully saturated rings. The van der Waals surface area contributed by atoms with Gasteiger partial charge in [0.15, 0.2) is 0 Å². The van der Waals surface area contributed by atoms with Crippen LogP contribution in [0.15, 0.2) is 58.3 Å². The highest BCUT2D eigenvalue weighted by molar-refractivity contribution is 7.89. The quantitative estimate of drug-likeness (QED) is 0.281. The largest absolute Gasteiger partial charge is 0.416 e. The molecule has 0 unspecified atom stereocenters. The number of hydrogen-bond acceptors (Lipinski definition) is 6. The van der Waals surface area contributed by atoms with E-state index in [2.05, 4.69) is 19.2 Å². The minimum Gasteiger partial charge on any atom is -0.301 e. The van der Waals surface area contributed by atoms with Crippen LogP contribution in [-0.4, -0.2) is 79.0 Å². The molecule has 1 saturated heterocycles. The summed E-state index contributed by atoms with van der Waals surface area (Å²) in [5.41, 5.74) is -1.85. The normalized spacial score (nSPS) is 16.4. The molecule has 2 aromatic carbocycles. The average molecular weight is 617 g/mol. The molecule has 0 amide bonds. The van der Waals surface area contributed by atoms with Gasteiger partial charge in [-0.1, -0.05) is 0 Å². The van der Waals surface area contributed by atoms with Crippen molar-refractivity contribution in [2.75, 3.05) is 52.4 Å². The van der Waals surface area contributed by atoms with Gasteiger partial charge >= 0.3 is 12.4 Å². The Bertz CT molecular complexity index is 1210. The van der Waals surface area contributed by atoms with Crippen molar-refractivity contribution in [3.8, 4) is 0 Å². The number of piperazine rings is 1. The van der Waals surface area contributed by atoms with Crippen LogP contribution in [-0.2, 0) is 32.4 Å². The Morgan fingerprint density at radius 2 is 0.875 bits per heavy atom. The van der Waals surface area contributed by atoms with E-state index in [0.717, 1.165) is 74.7 Å². The standard InChI is InChI=1S/C24H30F6N4O4S2/c25-23(26,27)19-3-7-21(8-4-19)39(35,36)31-11-1-13-33-15-17-34(18-16-33)14-2-12-32-40(37,38)22-9-5-20(6-10-22)24(28,29)30/h3-10,31-32H,1-2,11-18H2. The molecule has 0 radical (unpaired) electrons. The molecule has 2 aromatic rings. The number of rotatable bonds is 12. The first-order valence-electron chi connectivity index (χ1n) is 12.4. The molecule has 1 heterocycles. The third kappa shape index (κ3) is 9.41. The summed E-state index contributed by atoms with van der Waals surface area (Å²) >= 11 is 0. The number of halogens is 6. The summed E-state index contributed by atoms with van der Waals surface area (Å²) in [4.78, 5) is 3.82. The van der Waals surface area contributed by atoms with Gasteiger partial charge in [-0.05, 0) is 74.5 Å². The molecule has 8 nitrogen and oxygen atoms in total. The lowest BCUT2D eigenvalue weighted by atomic mass is 10.2. The van der Waals surface area contributed by atoms with E-state index in [1.165, 1.54) is 0 Å². The van der Waals surface area contributed by atoms with Crippen molar-refractivity contribution in [1.29, 1.82) is 0 Å². The zero-order valence-electron chi connectivity index (χ0n) is 21.3. The van der Waals surface area contributed by atoms with Gasteiger partial charge in [-0.2, -0.15) is 26.3 Å². The summed E-state index contributed by atoms with van der Waals surface area (Å²) in [6.45, 7) is 4.40. The first-order chi connectivity index (χ1) is 18.6. The fraction of sp³-hybridized carbons (Fsp3) is 0.500. The lowest BCUT2D eigenvalue weighted by Crippen LogP contribution is -2.47. The Hall–Kier alpha value is -2.24. The molecule has 0 atom stereocenters. The zero-order chi connectivity index (χ0) is 29.6. The second-order valence-electron chi connectivity index (χ2n) is 9.23. The Kier molecular flexibility index (Phi) is 10.6. The molecule has 0 saturated carbocycles. The van der Waals surface area contributed by atoms with Gasteiger partial charge in [0, 0.05) is 39.3 Å². The maximum Gasteiger partial charge on any atom is 0.416 e. The van der Waals surface area contributed by atoms with Crippen molar-refractivity contribution < 1.29 is 43.2 Å². The first kappa shape index (κ1) is 32.3. The Balaban J connectivity index is 1.31. The zero-order valence-corrected chi connectivity index (χ0v) is 22.9. The summed E-state index contributed by atoms with van der Waals surface area (Å²) in [7, 11) is -7.84. The van der Waals surface area contributed by atoms with E-state index in [1.807, 2.05) is 0 Å². The highest BCUT2D eigenvalue weighted by atomic mass is 32.2. The van der Waals surface area contributed by atoms with E-state index in [-0.39, 0.29) is 22.9 Å². The molecule has 40 heavy (non-hydrogen) atoms. The van der Waals surface area contributed by atoms with E-state index < -0.39 is 43.5 Å². The van der Waals surface area contributed by atoms with Crippen molar-refractivity contribution in [2.45, 2.75) is 35.0 Å². The number of nitrogens with one attached hydrogen (secondary N) is 2. The maximum atomic E-state index is 12.7. The third-order valence-corrected chi connectivity index (χ3v) is 9.29. The van der Waals surface area contributed by atoms with Crippen LogP contribution in [0.1, 0.15) is 24.0 Å². The fourth-order valence-corrected chi connectivity index (χ4v) is 6.22. The number of hydrogen-bond donors (Lipinski definition) is 2. The monoisotopic (exact) mass is 616 g/mol. The lowest BCUT2D eigenvalue weighted by Gasteiger charge is -2.34. The fourth-order valence-electron chi connectivity index (χ4n) is 4.07. The van der Waals surface area contributed by atoms with Crippen molar-refractivity contribution in [1.82, 2.24) is 19.2 Å². The van der Waals surface area contributed by atoms with Gasteiger partial charge in [0.05, 0.1) is 20.9 Å². The molecule has 16 heteroatoms. The highest BCUT2D eigenvalue weighted by Crippen LogP contribution is 2.30. The van der Waals surface area contributed by atoms with Crippen LogP contribution in [0.2, 0.25) is 0 Å². The number of benzene rings is 2. The molecule has 224 valence electrons. The molecule has 1 aliphatic heterocycles. The molecule has 0 aliphatic carbocycles. The van der Waals surface area contributed by atoms with Crippen LogP contribution in [0.25, 0.3) is 0 Å². The minimum absolute atomic E-state index is 0.128. The van der Waals surface area contributed by atoms with Crippen LogP contribution < -0.4 is 9.44 Å². The summed E-state index contributed by atoms with van der Waals surface area (Å²) in [6, 6.07) is 6.58. The van der Waals surface area contributed by atoms with E-state index >= 15 is 0 Å². The van der Waals surface area contributed by atoms with E-state index in [0.29, 0.717) is 25.9 Å². The van der Waals surface area contributed by atoms with Crippen LogP contribution in [0.4, 0.5) is 26.3 Å². The smallest absolute Gasteiger partial charge is 0.301 e. The maximum absolute atomic E-state index is 12.7. The van der Waals surface area contributed by atoms with Crippen molar-refractivity contribution in [2.24, 2.45) is 0 Å². The van der Waals surface area contributed by atoms with E-state index in [4.69, 9.17) is 0 Å². The summed E-state index contributed by atoms with van der Waals surface area (Å²) in [5, 5.41) is 0. The lowest BCUT2D eigenvalue weighted by molar-refractivity contribution is -0.138. The molecular formula is C24H30F6N4O4S2. The molecule has 0 spiro atoms. The SMILES string of the molecule is O=S(=O)(NCCCN1CCN(CCCNS(=O)(=O)c2ccc(C(F)(F)F)cc2)CC1)c1ccc(C(F)(F)F)cc1. The average Bonchev–Trinajstić information content (AvgIpc) is 2.89. The summed E-state index contributed by atoms with van der Waals surface area (Å²) in [5.74, 6) is 0. The topological polar surface area (TPSA) is 98.8 Å². The molecule has 0 aromatic heterocycles. The Morgan fingerprint density at radius 3 is 1.15 bits per heavy atom. The second-order valence-corrected chi connectivity index (χ2v) is 12.8. The van der Waals surface area contributed by atoms with Gasteiger partial charge in [0.25, 0.3) is 0 Å². The number of alkyl halides is 6. The van der Waals surface area contributed by atoms with Crippen LogP contribution in [0, 0.1) is 0 Å². The number of nitrogens with zero attached hydrogens (tertiary/aromatic N) is 2. The van der Waals surface area contributed by atoms with Crippen LogP contribution >= 0.6 is 0 Å². The van der Waals surface area contributed by atoms with Crippen molar-refractivity contribution >= 4 is 20.0 Å². The first-order valence-corrected chi connectivity index (χ1v) is 15.3. The van der Waals surface area contributed by atoms with Gasteiger partial charge in [-0.3, -0.25) is 0 Å². The minimum atomic E-state index is -4.55. The Morgan fingerprint density at radius 1 is 0.575 bits per heavy atom. The Labute approximate surface area is 229 Å². The van der Waals surface area contributed by atoms with Crippen LogP contribution in [0.3, 0.4) is 0 Å². The summed E-state index contributed by atoms with van der Waals surface area (Å²) in [6.07, 6.45) is -8.08. The predicted molar refractivity (Wildman–Crippen MR) is 135 cm³/mol. The van der Waals surface area contributed by atoms with Crippen molar-refractivity contribution in [3.05, 3.63) is 59.7 Å². The molecule has 0 bridgehead atoms. The van der Waals surface area contributed by atoms with Gasteiger partial charge in [0.2, 0.25) is 20.0 Å². The van der Waals surface area contributed by atoms with Gasteiger partial charge < -0.3 is 9.80 Å². The number of sulfonamides is 2. The van der Waals surface area contributed by atoms with E-state index in [9.17, 15) is 43.2 Å². The second kappa shape index (κ2) is 13.2. The van der Waals surface area contributed by atoms with Crippen molar-refractivity contribution in [3.63, 3.8) is 0 Å². The van der Waals surface area contributed by atoms with Crippen LogP contribution in [0.5, 0.6) is 0 Å².